The summed E-state index contributed by atoms with van der Waals surface area (Å²) >= 11 is 0. The lowest BCUT2D eigenvalue weighted by Crippen LogP contribution is -2.14. The van der Waals surface area contributed by atoms with Crippen molar-refractivity contribution in [2.24, 2.45) is 0 Å². The SMILES string of the molecule is C=CC1=CCCC=C1/C=C(\C)CC(=C)NCCCCCC. The molecule has 0 aromatic rings. The molecule has 0 saturated heterocycles. The number of hydrogen-bond donors (Lipinski definition) is 1. The quantitative estimate of drug-likeness (QED) is 0.497. The Balaban J connectivity index is 2.38. The van der Waals surface area contributed by atoms with Crippen LogP contribution >= 0.6 is 0 Å². The first kappa shape index (κ1) is 17.6. The Morgan fingerprint density at radius 3 is 2.57 bits per heavy atom. The van der Waals surface area contributed by atoms with Gasteiger partial charge >= 0.3 is 0 Å². The summed E-state index contributed by atoms with van der Waals surface area (Å²) in [6, 6.07) is 0. The molecule has 0 unspecified atom stereocenters. The Labute approximate surface area is 131 Å². The van der Waals surface area contributed by atoms with Crippen LogP contribution in [0.15, 0.2) is 59.9 Å². The third kappa shape index (κ3) is 7.17. The molecule has 1 heteroatoms. The maximum atomic E-state index is 4.14. The molecule has 0 spiro atoms. The average Bonchev–Trinajstić information content (AvgIpc) is 2.47. The van der Waals surface area contributed by atoms with Gasteiger partial charge in [-0.1, -0.05) is 69.2 Å². The average molecular weight is 285 g/mol. The smallest absolute Gasteiger partial charge is 0.0143 e. The maximum absolute atomic E-state index is 4.14. The van der Waals surface area contributed by atoms with Crippen molar-refractivity contribution in [3.05, 3.63) is 59.9 Å². The number of unbranched alkanes of at least 4 members (excludes halogenated alkanes) is 3. The second kappa shape index (κ2) is 10.3. The molecule has 0 heterocycles. The molecule has 1 N–H and O–H groups in total. The number of rotatable bonds is 10. The molecule has 0 aromatic carbocycles. The zero-order valence-electron chi connectivity index (χ0n) is 13.9. The summed E-state index contributed by atoms with van der Waals surface area (Å²) in [5, 5.41) is 3.45. The minimum Gasteiger partial charge on any atom is -0.389 e. The van der Waals surface area contributed by atoms with Crippen LogP contribution in [0.4, 0.5) is 0 Å². The minimum atomic E-state index is 0.926. The van der Waals surface area contributed by atoms with Crippen molar-refractivity contribution in [3.63, 3.8) is 0 Å². The second-order valence-corrected chi connectivity index (χ2v) is 5.86. The van der Waals surface area contributed by atoms with E-state index in [4.69, 9.17) is 0 Å². The molecule has 0 aliphatic heterocycles. The first-order valence-electron chi connectivity index (χ1n) is 8.29. The lowest BCUT2D eigenvalue weighted by atomic mass is 9.95. The van der Waals surface area contributed by atoms with E-state index in [-0.39, 0.29) is 0 Å². The lowest BCUT2D eigenvalue weighted by Gasteiger charge is -2.13. The van der Waals surface area contributed by atoms with Gasteiger partial charge in [0.05, 0.1) is 0 Å². The zero-order chi connectivity index (χ0) is 15.5. The van der Waals surface area contributed by atoms with Gasteiger partial charge in [0.1, 0.15) is 0 Å². The molecule has 0 radical (unpaired) electrons. The highest BCUT2D eigenvalue weighted by Gasteiger charge is 2.04. The summed E-state index contributed by atoms with van der Waals surface area (Å²) in [7, 11) is 0. The highest BCUT2D eigenvalue weighted by Crippen LogP contribution is 2.23. The van der Waals surface area contributed by atoms with Crippen LogP contribution < -0.4 is 5.32 Å². The monoisotopic (exact) mass is 285 g/mol. The fourth-order valence-electron chi connectivity index (χ4n) is 2.59. The third-order valence-electron chi connectivity index (χ3n) is 3.75. The fraction of sp³-hybridized carbons (Fsp3) is 0.500. The molecular weight excluding hydrogens is 254 g/mol. The number of allylic oxidation sites excluding steroid dienone is 7. The van der Waals surface area contributed by atoms with Crippen molar-refractivity contribution < 1.29 is 0 Å². The van der Waals surface area contributed by atoms with Crippen LogP contribution in [0.1, 0.15) is 58.8 Å². The lowest BCUT2D eigenvalue weighted by molar-refractivity contribution is 0.631. The number of nitrogens with one attached hydrogen (secondary N) is 1. The van der Waals surface area contributed by atoms with Crippen LogP contribution in [0.3, 0.4) is 0 Å². The van der Waals surface area contributed by atoms with Crippen molar-refractivity contribution in [1.29, 1.82) is 0 Å². The third-order valence-corrected chi connectivity index (χ3v) is 3.75. The first-order valence-corrected chi connectivity index (χ1v) is 8.29. The van der Waals surface area contributed by atoms with E-state index in [2.05, 4.69) is 50.6 Å². The van der Waals surface area contributed by atoms with Gasteiger partial charge in [-0.25, -0.2) is 0 Å². The standard InChI is InChI=1S/C20H31N/c1-5-7-8-11-14-21-18(4)15-17(3)16-20-13-10-9-12-19(20)6-2/h6,12-13,16,21H,2,4-5,7-11,14-15H2,1,3H3/b17-16+. The van der Waals surface area contributed by atoms with Crippen molar-refractivity contribution in [1.82, 2.24) is 5.32 Å². The van der Waals surface area contributed by atoms with E-state index < -0.39 is 0 Å². The van der Waals surface area contributed by atoms with E-state index in [9.17, 15) is 0 Å². The Kier molecular flexibility index (Phi) is 8.57. The molecule has 0 amide bonds. The Hall–Kier alpha value is -1.50. The predicted octanol–water partition coefficient (Wildman–Crippen LogP) is 5.84. The highest BCUT2D eigenvalue weighted by molar-refractivity contribution is 5.48. The Morgan fingerprint density at radius 1 is 1.19 bits per heavy atom. The summed E-state index contributed by atoms with van der Waals surface area (Å²) in [5.41, 5.74) is 5.05. The largest absolute Gasteiger partial charge is 0.389 e. The highest BCUT2D eigenvalue weighted by atomic mass is 14.9. The van der Waals surface area contributed by atoms with Crippen molar-refractivity contribution in [2.75, 3.05) is 6.54 Å². The molecule has 0 atom stereocenters. The molecule has 0 aromatic heterocycles. The van der Waals surface area contributed by atoms with Crippen LogP contribution in [0.2, 0.25) is 0 Å². The predicted molar refractivity (Wildman–Crippen MR) is 95.3 cm³/mol. The van der Waals surface area contributed by atoms with Crippen molar-refractivity contribution >= 4 is 0 Å². The molecule has 0 bridgehead atoms. The van der Waals surface area contributed by atoms with E-state index in [1.54, 1.807) is 0 Å². The molecule has 21 heavy (non-hydrogen) atoms. The van der Waals surface area contributed by atoms with Crippen LogP contribution in [0.25, 0.3) is 0 Å². The van der Waals surface area contributed by atoms with Gasteiger partial charge < -0.3 is 5.32 Å². The summed E-state index contributed by atoms with van der Waals surface area (Å²) in [6.07, 6.45) is 17.2. The molecule has 0 fully saturated rings. The van der Waals surface area contributed by atoms with Gasteiger partial charge in [-0.05, 0) is 37.3 Å². The van der Waals surface area contributed by atoms with Gasteiger partial charge in [0.25, 0.3) is 0 Å². The van der Waals surface area contributed by atoms with E-state index >= 15 is 0 Å². The summed E-state index contributed by atoms with van der Waals surface area (Å²) < 4.78 is 0. The fourth-order valence-corrected chi connectivity index (χ4v) is 2.59. The normalized spacial score (nSPS) is 15.2. The Morgan fingerprint density at radius 2 is 1.90 bits per heavy atom. The van der Waals surface area contributed by atoms with E-state index in [0.717, 1.165) is 31.5 Å². The van der Waals surface area contributed by atoms with Gasteiger partial charge in [0, 0.05) is 18.7 Å². The zero-order valence-corrected chi connectivity index (χ0v) is 13.9. The van der Waals surface area contributed by atoms with Crippen LogP contribution in [-0.2, 0) is 0 Å². The molecule has 1 aliphatic rings. The maximum Gasteiger partial charge on any atom is 0.0143 e. The van der Waals surface area contributed by atoms with E-state index in [1.165, 1.54) is 42.4 Å². The van der Waals surface area contributed by atoms with Gasteiger partial charge in [-0.3, -0.25) is 0 Å². The molecule has 116 valence electrons. The van der Waals surface area contributed by atoms with Gasteiger partial charge in [-0.2, -0.15) is 0 Å². The summed E-state index contributed by atoms with van der Waals surface area (Å²) in [6.45, 7) is 13.5. The summed E-state index contributed by atoms with van der Waals surface area (Å²) in [4.78, 5) is 0. The molecule has 1 rings (SSSR count). The van der Waals surface area contributed by atoms with Crippen molar-refractivity contribution in [2.45, 2.75) is 58.8 Å². The molecule has 1 nitrogen and oxygen atoms in total. The van der Waals surface area contributed by atoms with Crippen LogP contribution in [0.5, 0.6) is 0 Å². The van der Waals surface area contributed by atoms with E-state index in [1.807, 2.05) is 6.08 Å². The molecular formula is C20H31N. The van der Waals surface area contributed by atoms with Crippen LogP contribution in [-0.4, -0.2) is 6.54 Å². The second-order valence-electron chi connectivity index (χ2n) is 5.86. The van der Waals surface area contributed by atoms with Crippen LogP contribution in [0, 0.1) is 0 Å². The van der Waals surface area contributed by atoms with Gasteiger partial charge in [-0.15, -0.1) is 0 Å². The topological polar surface area (TPSA) is 12.0 Å². The molecule has 1 aliphatic carbocycles. The number of hydrogen-bond acceptors (Lipinski definition) is 1. The minimum absolute atomic E-state index is 0.926. The summed E-state index contributed by atoms with van der Waals surface area (Å²) in [5.74, 6) is 0. The van der Waals surface area contributed by atoms with Gasteiger partial charge in [0.2, 0.25) is 0 Å². The van der Waals surface area contributed by atoms with E-state index in [0.29, 0.717) is 0 Å². The Bertz CT molecular complexity index is 435. The van der Waals surface area contributed by atoms with Gasteiger partial charge in [0.15, 0.2) is 0 Å². The first-order chi connectivity index (χ1) is 10.2. The molecule has 0 saturated carbocycles. The van der Waals surface area contributed by atoms with Crippen molar-refractivity contribution in [3.8, 4) is 0 Å².